The smallest absolute Gasteiger partial charge is 0.307 e. The summed E-state index contributed by atoms with van der Waals surface area (Å²) < 4.78 is 6.11. The van der Waals surface area contributed by atoms with Crippen molar-refractivity contribution in [3.05, 3.63) is 124 Å². The van der Waals surface area contributed by atoms with E-state index in [1.54, 1.807) is 0 Å². The van der Waals surface area contributed by atoms with Crippen LogP contribution in [-0.4, -0.2) is 5.97 Å². The van der Waals surface area contributed by atoms with Crippen molar-refractivity contribution in [2.45, 2.75) is 59.0 Å². The topological polar surface area (TPSA) is 29.5 Å². The Bertz CT molecular complexity index is 1350. The fraction of sp³-hybridized carbons (Fsp3) is 0.265. The number of carbonyl (C=O) groups excluding carboxylic acids is 1. The van der Waals surface area contributed by atoms with Crippen molar-refractivity contribution in [2.75, 3.05) is 4.90 Å². The number of benzene rings is 4. The summed E-state index contributed by atoms with van der Waals surface area (Å²) in [6.07, 6.45) is 2.85. The lowest BCUT2D eigenvalue weighted by atomic mass is 9.95. The molecule has 0 radical (unpaired) electrons. The molecule has 188 valence electrons. The lowest BCUT2D eigenvalue weighted by Gasteiger charge is -2.27. The van der Waals surface area contributed by atoms with Crippen molar-refractivity contribution in [3.8, 4) is 0 Å². The first-order valence-corrected chi connectivity index (χ1v) is 13.2. The number of esters is 1. The molecule has 0 bridgehead atoms. The first kappa shape index (κ1) is 24.8. The van der Waals surface area contributed by atoms with E-state index in [2.05, 4.69) is 111 Å². The van der Waals surface area contributed by atoms with E-state index in [-0.39, 0.29) is 5.97 Å². The molecule has 4 aromatic rings. The van der Waals surface area contributed by atoms with E-state index in [1.807, 2.05) is 12.1 Å². The molecule has 0 N–H and O–H groups in total. The Morgan fingerprint density at radius 3 is 2.00 bits per heavy atom. The molecule has 0 fully saturated rings. The number of anilines is 3. The lowest BCUT2D eigenvalue weighted by molar-refractivity contribution is -0.159. The molecule has 4 aromatic carbocycles. The van der Waals surface area contributed by atoms with Gasteiger partial charge in [0.25, 0.3) is 0 Å². The minimum atomic E-state index is -0.530. The molecular weight excluding hydrogens is 454 g/mol. The van der Waals surface area contributed by atoms with E-state index in [0.717, 1.165) is 29.9 Å². The van der Waals surface area contributed by atoms with Gasteiger partial charge in [0.1, 0.15) is 5.60 Å². The van der Waals surface area contributed by atoms with Gasteiger partial charge < -0.3 is 9.64 Å². The molecule has 0 heterocycles. The number of carbonyl (C=O) groups is 1. The normalized spacial score (nSPS) is 16.3. The molecular formula is C34H35NO2. The van der Waals surface area contributed by atoms with Crippen LogP contribution in [0.5, 0.6) is 0 Å². The minimum Gasteiger partial charge on any atom is -0.454 e. The lowest BCUT2D eigenvalue weighted by Crippen LogP contribution is -2.27. The van der Waals surface area contributed by atoms with Crippen molar-refractivity contribution in [1.29, 1.82) is 0 Å². The maximum Gasteiger partial charge on any atom is 0.307 e. The van der Waals surface area contributed by atoms with Crippen LogP contribution in [0.3, 0.4) is 0 Å². The monoisotopic (exact) mass is 489 g/mol. The number of ether oxygens (including phenoxy) is 1. The molecule has 0 saturated carbocycles. The highest BCUT2D eigenvalue weighted by Gasteiger charge is 2.37. The maximum absolute atomic E-state index is 13.0. The molecule has 5 rings (SSSR count). The summed E-state index contributed by atoms with van der Waals surface area (Å²) in [5.74, 6) is -0.130. The first-order chi connectivity index (χ1) is 17.8. The number of fused-ring (bicyclic) bond motifs is 1. The van der Waals surface area contributed by atoms with Gasteiger partial charge in [-0.1, -0.05) is 60.2 Å². The van der Waals surface area contributed by atoms with Gasteiger partial charge in [-0.25, -0.2) is 0 Å². The molecule has 1 atom stereocenters. The van der Waals surface area contributed by atoms with E-state index in [9.17, 15) is 4.79 Å². The summed E-state index contributed by atoms with van der Waals surface area (Å²) in [5.41, 5.74) is 10.1. The highest BCUT2D eigenvalue weighted by Crippen LogP contribution is 2.41. The zero-order valence-electron chi connectivity index (χ0n) is 22.3. The summed E-state index contributed by atoms with van der Waals surface area (Å²) in [6.45, 7) is 8.43. The predicted molar refractivity (Wildman–Crippen MR) is 152 cm³/mol. The van der Waals surface area contributed by atoms with E-state index >= 15 is 0 Å². The number of aryl methyl sites for hydroxylation is 4. The highest BCUT2D eigenvalue weighted by molar-refractivity contribution is 5.77. The molecule has 37 heavy (non-hydrogen) atoms. The van der Waals surface area contributed by atoms with Gasteiger partial charge in [0.05, 0.1) is 0 Å². The van der Waals surface area contributed by atoms with Crippen molar-refractivity contribution in [2.24, 2.45) is 0 Å². The molecule has 3 nitrogen and oxygen atoms in total. The Morgan fingerprint density at radius 2 is 1.41 bits per heavy atom. The maximum atomic E-state index is 13.0. The standard InChI is InChI=1S/C34H35NO2/c1-24-15-16-27-19-20-34(4,32(27)21-24)37-33(36)18-17-31-25(2)22-30(23-26(31)3)35(28-11-7-5-8-12-28)29-13-9-6-10-14-29/h5-16,21-23H,17-20H2,1-4H3. The third kappa shape index (κ3) is 5.17. The highest BCUT2D eigenvalue weighted by atomic mass is 16.6. The van der Waals surface area contributed by atoms with Crippen LogP contribution in [0.1, 0.15) is 53.1 Å². The Kier molecular flexibility index (Phi) is 6.88. The number of para-hydroxylation sites is 2. The molecule has 0 saturated heterocycles. The van der Waals surface area contributed by atoms with Gasteiger partial charge in [-0.15, -0.1) is 0 Å². The van der Waals surface area contributed by atoms with Crippen molar-refractivity contribution in [1.82, 2.24) is 0 Å². The zero-order valence-corrected chi connectivity index (χ0v) is 22.3. The number of nitrogens with zero attached hydrogens (tertiary/aromatic N) is 1. The van der Waals surface area contributed by atoms with Gasteiger partial charge in [0.2, 0.25) is 0 Å². The van der Waals surface area contributed by atoms with Crippen molar-refractivity contribution >= 4 is 23.0 Å². The van der Waals surface area contributed by atoms with Gasteiger partial charge in [0, 0.05) is 23.5 Å². The second-order valence-corrected chi connectivity index (χ2v) is 10.4. The number of hydrogen-bond acceptors (Lipinski definition) is 3. The Labute approximate surface area is 220 Å². The van der Waals surface area contributed by atoms with E-state index in [1.165, 1.54) is 33.4 Å². The average Bonchev–Trinajstić information content (AvgIpc) is 3.20. The summed E-state index contributed by atoms with van der Waals surface area (Å²) >= 11 is 0. The summed E-state index contributed by atoms with van der Waals surface area (Å²) in [7, 11) is 0. The molecule has 0 aliphatic heterocycles. The van der Waals surface area contributed by atoms with Crippen molar-refractivity contribution in [3.63, 3.8) is 0 Å². The Morgan fingerprint density at radius 1 is 0.811 bits per heavy atom. The number of rotatable bonds is 7. The third-order valence-electron chi connectivity index (χ3n) is 7.59. The molecule has 1 aliphatic rings. The van der Waals surface area contributed by atoms with Gasteiger partial charge >= 0.3 is 5.97 Å². The van der Waals surface area contributed by atoms with E-state index in [0.29, 0.717) is 12.8 Å². The minimum absolute atomic E-state index is 0.130. The Balaban J connectivity index is 1.35. The van der Waals surface area contributed by atoms with Gasteiger partial charge in [-0.2, -0.15) is 0 Å². The SMILES string of the molecule is Cc1ccc2c(c1)C(C)(OC(=O)CCc1c(C)cc(N(c3ccccc3)c3ccccc3)cc1C)CC2. The molecule has 1 unspecified atom stereocenters. The van der Waals surface area contributed by atoms with Crippen LogP contribution in [0.2, 0.25) is 0 Å². The molecule has 0 spiro atoms. The van der Waals surface area contributed by atoms with Crippen LogP contribution >= 0.6 is 0 Å². The fourth-order valence-electron chi connectivity index (χ4n) is 5.64. The second-order valence-electron chi connectivity index (χ2n) is 10.4. The third-order valence-corrected chi connectivity index (χ3v) is 7.59. The predicted octanol–water partition coefficient (Wildman–Crippen LogP) is 8.42. The zero-order chi connectivity index (χ0) is 26.0. The number of hydrogen-bond donors (Lipinski definition) is 0. The van der Waals surface area contributed by atoms with Crippen LogP contribution in [-0.2, 0) is 28.0 Å². The Hall–Kier alpha value is -3.85. The molecule has 0 aromatic heterocycles. The second kappa shape index (κ2) is 10.3. The van der Waals surface area contributed by atoms with Gasteiger partial charge in [-0.3, -0.25) is 4.79 Å². The van der Waals surface area contributed by atoms with Crippen LogP contribution in [0, 0.1) is 20.8 Å². The summed E-state index contributed by atoms with van der Waals surface area (Å²) in [4.78, 5) is 15.3. The molecule has 0 amide bonds. The largest absolute Gasteiger partial charge is 0.454 e. The fourth-order valence-corrected chi connectivity index (χ4v) is 5.64. The van der Waals surface area contributed by atoms with Crippen LogP contribution in [0.4, 0.5) is 17.1 Å². The summed E-state index contributed by atoms with van der Waals surface area (Å²) in [5, 5.41) is 0. The van der Waals surface area contributed by atoms with Gasteiger partial charge in [0.15, 0.2) is 0 Å². The first-order valence-electron chi connectivity index (χ1n) is 13.2. The average molecular weight is 490 g/mol. The quantitative estimate of drug-likeness (QED) is 0.244. The summed E-state index contributed by atoms with van der Waals surface area (Å²) in [6, 6.07) is 31.8. The van der Waals surface area contributed by atoms with Gasteiger partial charge in [-0.05, 0) is 111 Å². The van der Waals surface area contributed by atoms with Crippen LogP contribution < -0.4 is 4.90 Å². The van der Waals surface area contributed by atoms with E-state index in [4.69, 9.17) is 4.74 Å². The van der Waals surface area contributed by atoms with Crippen LogP contribution in [0.15, 0.2) is 91.0 Å². The van der Waals surface area contributed by atoms with Crippen molar-refractivity contribution < 1.29 is 9.53 Å². The molecule has 1 aliphatic carbocycles. The molecule has 3 heteroatoms. The van der Waals surface area contributed by atoms with E-state index < -0.39 is 5.60 Å². The van der Waals surface area contributed by atoms with Crippen LogP contribution in [0.25, 0.3) is 0 Å².